The molecule has 0 heterocycles. The van der Waals surface area contributed by atoms with Crippen LogP contribution < -0.4 is 14.8 Å². The van der Waals surface area contributed by atoms with Crippen molar-refractivity contribution < 1.29 is 13.9 Å². The summed E-state index contributed by atoms with van der Waals surface area (Å²) in [6.07, 6.45) is 0. The molecule has 2 aromatic carbocycles. The van der Waals surface area contributed by atoms with Gasteiger partial charge in [0.2, 0.25) is 0 Å². The van der Waals surface area contributed by atoms with Crippen molar-refractivity contribution in [3.63, 3.8) is 0 Å². The second-order valence-corrected chi connectivity index (χ2v) is 4.71. The molecule has 4 heteroatoms. The van der Waals surface area contributed by atoms with Crippen LogP contribution in [-0.2, 0) is 0 Å². The van der Waals surface area contributed by atoms with Gasteiger partial charge in [-0.05, 0) is 43.7 Å². The number of anilines is 1. The number of hydrogen-bond donors (Lipinski definition) is 1. The van der Waals surface area contributed by atoms with Gasteiger partial charge in [0.15, 0.2) is 0 Å². The van der Waals surface area contributed by atoms with Gasteiger partial charge in [-0.1, -0.05) is 12.1 Å². The first-order valence-electron chi connectivity index (χ1n) is 6.97. The van der Waals surface area contributed by atoms with Crippen molar-refractivity contribution in [2.24, 2.45) is 0 Å². The summed E-state index contributed by atoms with van der Waals surface area (Å²) in [4.78, 5) is 0. The molecule has 2 aromatic rings. The Morgan fingerprint density at radius 3 is 2.48 bits per heavy atom. The molecule has 112 valence electrons. The molecule has 0 bridgehead atoms. The van der Waals surface area contributed by atoms with E-state index in [4.69, 9.17) is 9.47 Å². The van der Waals surface area contributed by atoms with Gasteiger partial charge in [-0.2, -0.15) is 0 Å². The third kappa shape index (κ3) is 3.88. The molecule has 1 atom stereocenters. The van der Waals surface area contributed by atoms with Crippen LogP contribution in [0, 0.1) is 5.82 Å². The second-order valence-electron chi connectivity index (χ2n) is 4.71. The van der Waals surface area contributed by atoms with Crippen LogP contribution in [0.15, 0.2) is 42.5 Å². The number of ether oxygens (including phenoxy) is 2. The molecule has 0 fully saturated rings. The molecule has 0 aliphatic carbocycles. The first-order valence-corrected chi connectivity index (χ1v) is 6.97. The average molecular weight is 289 g/mol. The summed E-state index contributed by atoms with van der Waals surface area (Å²) in [6, 6.07) is 12.4. The number of benzene rings is 2. The van der Waals surface area contributed by atoms with E-state index in [0.717, 1.165) is 17.0 Å². The summed E-state index contributed by atoms with van der Waals surface area (Å²) >= 11 is 0. The molecule has 0 saturated carbocycles. The van der Waals surface area contributed by atoms with E-state index in [0.29, 0.717) is 12.4 Å². The van der Waals surface area contributed by atoms with E-state index in [-0.39, 0.29) is 11.9 Å². The minimum atomic E-state index is -0.314. The lowest BCUT2D eigenvalue weighted by Gasteiger charge is -2.18. The van der Waals surface area contributed by atoms with Crippen LogP contribution in [0.3, 0.4) is 0 Å². The lowest BCUT2D eigenvalue weighted by Crippen LogP contribution is -2.07. The van der Waals surface area contributed by atoms with E-state index in [1.165, 1.54) is 19.2 Å². The largest absolute Gasteiger partial charge is 0.494 e. The van der Waals surface area contributed by atoms with E-state index in [9.17, 15) is 4.39 Å². The van der Waals surface area contributed by atoms with Crippen molar-refractivity contribution in [1.29, 1.82) is 0 Å². The Hall–Kier alpha value is -2.23. The topological polar surface area (TPSA) is 30.5 Å². The molecule has 0 aliphatic heterocycles. The first kappa shape index (κ1) is 15.2. The molecule has 1 N–H and O–H groups in total. The van der Waals surface area contributed by atoms with Gasteiger partial charge < -0.3 is 14.8 Å². The van der Waals surface area contributed by atoms with Crippen LogP contribution in [0.5, 0.6) is 11.5 Å². The molecule has 0 saturated heterocycles. The molecule has 2 rings (SSSR count). The zero-order valence-corrected chi connectivity index (χ0v) is 12.5. The molecule has 1 unspecified atom stereocenters. The predicted molar refractivity (Wildman–Crippen MR) is 82.6 cm³/mol. The highest BCUT2D eigenvalue weighted by molar-refractivity contribution is 5.57. The highest BCUT2D eigenvalue weighted by Crippen LogP contribution is 2.29. The highest BCUT2D eigenvalue weighted by Gasteiger charge is 2.10. The van der Waals surface area contributed by atoms with Crippen molar-refractivity contribution in [2.45, 2.75) is 19.9 Å². The first-order chi connectivity index (χ1) is 10.1. The second kappa shape index (κ2) is 6.97. The summed E-state index contributed by atoms with van der Waals surface area (Å²) in [5, 5.41) is 3.32. The smallest absolute Gasteiger partial charge is 0.144 e. The Kier molecular flexibility index (Phi) is 5.04. The van der Waals surface area contributed by atoms with E-state index in [2.05, 4.69) is 5.32 Å². The van der Waals surface area contributed by atoms with Crippen molar-refractivity contribution in [3.8, 4) is 11.5 Å². The lowest BCUT2D eigenvalue weighted by atomic mass is 10.1. The Morgan fingerprint density at radius 2 is 1.86 bits per heavy atom. The summed E-state index contributed by atoms with van der Waals surface area (Å²) in [5.74, 6) is 1.03. The maximum absolute atomic E-state index is 13.2. The number of rotatable bonds is 6. The van der Waals surface area contributed by atoms with Gasteiger partial charge in [0.1, 0.15) is 17.3 Å². The van der Waals surface area contributed by atoms with Gasteiger partial charge in [-0.3, -0.25) is 0 Å². The van der Waals surface area contributed by atoms with Crippen LogP contribution in [0.25, 0.3) is 0 Å². The fourth-order valence-electron chi connectivity index (χ4n) is 2.12. The molecular formula is C17H20FNO2. The Morgan fingerprint density at radius 1 is 1.14 bits per heavy atom. The summed E-state index contributed by atoms with van der Waals surface area (Å²) < 4.78 is 23.8. The summed E-state index contributed by atoms with van der Waals surface area (Å²) in [6.45, 7) is 4.65. The van der Waals surface area contributed by atoms with Crippen LogP contribution >= 0.6 is 0 Å². The van der Waals surface area contributed by atoms with Crippen molar-refractivity contribution in [3.05, 3.63) is 53.8 Å². The zero-order valence-electron chi connectivity index (χ0n) is 12.5. The quantitative estimate of drug-likeness (QED) is 0.854. The van der Waals surface area contributed by atoms with Crippen LogP contribution in [0.1, 0.15) is 25.5 Å². The van der Waals surface area contributed by atoms with Crippen LogP contribution in [-0.4, -0.2) is 13.7 Å². The minimum Gasteiger partial charge on any atom is -0.494 e. The van der Waals surface area contributed by atoms with Crippen molar-refractivity contribution in [2.75, 3.05) is 19.0 Å². The third-order valence-corrected chi connectivity index (χ3v) is 3.23. The van der Waals surface area contributed by atoms with Gasteiger partial charge in [0, 0.05) is 12.1 Å². The lowest BCUT2D eigenvalue weighted by molar-refractivity contribution is 0.340. The SMILES string of the molecule is CCOc1ccc(C(C)Nc2ccc(F)cc2OC)cc1. The molecule has 0 spiro atoms. The van der Waals surface area contributed by atoms with Gasteiger partial charge in [-0.25, -0.2) is 4.39 Å². The molecule has 0 radical (unpaired) electrons. The van der Waals surface area contributed by atoms with E-state index >= 15 is 0 Å². The zero-order chi connectivity index (χ0) is 15.2. The third-order valence-electron chi connectivity index (χ3n) is 3.23. The van der Waals surface area contributed by atoms with E-state index in [1.807, 2.05) is 38.1 Å². The highest BCUT2D eigenvalue weighted by atomic mass is 19.1. The van der Waals surface area contributed by atoms with Gasteiger partial charge in [0.25, 0.3) is 0 Å². The number of methoxy groups -OCH3 is 1. The molecule has 0 amide bonds. The van der Waals surface area contributed by atoms with Gasteiger partial charge in [0.05, 0.1) is 19.4 Å². The van der Waals surface area contributed by atoms with Crippen molar-refractivity contribution in [1.82, 2.24) is 0 Å². The van der Waals surface area contributed by atoms with Gasteiger partial charge in [-0.15, -0.1) is 0 Å². The molecule has 21 heavy (non-hydrogen) atoms. The van der Waals surface area contributed by atoms with Crippen LogP contribution in [0.2, 0.25) is 0 Å². The van der Waals surface area contributed by atoms with E-state index in [1.54, 1.807) is 6.07 Å². The number of halogens is 1. The number of nitrogens with one attached hydrogen (secondary N) is 1. The molecular weight excluding hydrogens is 269 g/mol. The van der Waals surface area contributed by atoms with Crippen LogP contribution in [0.4, 0.5) is 10.1 Å². The molecule has 3 nitrogen and oxygen atoms in total. The normalized spacial score (nSPS) is 11.8. The average Bonchev–Trinajstić information content (AvgIpc) is 2.50. The maximum atomic E-state index is 13.2. The Bertz CT molecular complexity index is 584. The standard InChI is InChI=1S/C17H20FNO2/c1-4-21-15-8-5-13(6-9-15)12(2)19-16-10-7-14(18)11-17(16)20-3/h5-12,19H,4H2,1-3H3. The van der Waals surface area contributed by atoms with Crippen molar-refractivity contribution >= 4 is 5.69 Å². The minimum absolute atomic E-state index is 0.0695. The predicted octanol–water partition coefficient (Wildman–Crippen LogP) is 4.41. The van der Waals surface area contributed by atoms with Gasteiger partial charge >= 0.3 is 0 Å². The van der Waals surface area contributed by atoms with E-state index < -0.39 is 0 Å². The maximum Gasteiger partial charge on any atom is 0.144 e. The summed E-state index contributed by atoms with van der Waals surface area (Å²) in [5.41, 5.74) is 1.88. The fraction of sp³-hybridized carbons (Fsp3) is 0.294. The molecule has 0 aromatic heterocycles. The fourth-order valence-corrected chi connectivity index (χ4v) is 2.12. The molecule has 0 aliphatic rings. The summed E-state index contributed by atoms with van der Waals surface area (Å²) in [7, 11) is 1.53. The Labute approximate surface area is 124 Å². The number of hydrogen-bond acceptors (Lipinski definition) is 3. The Balaban J connectivity index is 2.12. The monoisotopic (exact) mass is 289 g/mol.